The number of carboxylic acid groups (broad SMARTS) is 1. The maximum Gasteiger partial charge on any atom is 0.387 e. The van der Waals surface area contributed by atoms with E-state index in [2.05, 4.69) is 5.32 Å². The minimum atomic E-state index is -3.10. The number of carbonyl (C=O) groups is 1. The van der Waals surface area contributed by atoms with Crippen molar-refractivity contribution in [3.8, 4) is 45.5 Å². The third-order valence-electron chi connectivity index (χ3n) is 11.0. The van der Waals surface area contributed by atoms with Crippen molar-refractivity contribution in [1.29, 1.82) is 0 Å². The number of hydrogen-bond donors (Lipinski definition) is 3. The van der Waals surface area contributed by atoms with E-state index in [1.807, 2.05) is 50.2 Å². The summed E-state index contributed by atoms with van der Waals surface area (Å²) in [5.74, 6) is -0.559. The first kappa shape index (κ1) is 38.4. The molecular weight excluding hydrogens is 748 g/mol. The Hall–Kier alpha value is -5.51. The van der Waals surface area contributed by atoms with Crippen molar-refractivity contribution < 1.29 is 50.9 Å². The fourth-order valence-corrected chi connectivity index (χ4v) is 8.15. The van der Waals surface area contributed by atoms with Crippen LogP contribution in [0.3, 0.4) is 0 Å². The van der Waals surface area contributed by atoms with Gasteiger partial charge in [0.05, 0.1) is 6.10 Å². The van der Waals surface area contributed by atoms with Crippen LogP contribution < -0.4 is 14.8 Å². The molecule has 4 aromatic carbocycles. The molecule has 6 aromatic rings. The Morgan fingerprint density at radius 2 is 1.35 bits per heavy atom. The third-order valence-corrected chi connectivity index (χ3v) is 11.0. The lowest BCUT2D eigenvalue weighted by molar-refractivity contribution is -0.142. The number of aromatic nitrogens is 2. The number of alkyl halides is 4. The average molecular weight is 789 g/mol. The summed E-state index contributed by atoms with van der Waals surface area (Å²) in [5, 5.41) is 23.2. The summed E-state index contributed by atoms with van der Waals surface area (Å²) < 4.78 is 75.9. The van der Waals surface area contributed by atoms with Crippen LogP contribution in [-0.4, -0.2) is 69.0 Å². The van der Waals surface area contributed by atoms with E-state index in [1.165, 1.54) is 12.1 Å². The van der Waals surface area contributed by atoms with Gasteiger partial charge in [0, 0.05) is 53.5 Å². The lowest BCUT2D eigenvalue weighted by atomic mass is 9.91. The number of hydrogen-bond acceptors (Lipinski definition) is 10. The van der Waals surface area contributed by atoms with E-state index in [1.54, 1.807) is 17.0 Å². The summed E-state index contributed by atoms with van der Waals surface area (Å²) >= 11 is 0. The number of nitrogens with one attached hydrogen (secondary N) is 1. The number of carboxylic acids is 1. The fraction of sp³-hybridized carbons (Fsp3) is 0.357. The molecule has 0 unspecified atom stereocenters. The Bertz CT molecular complexity index is 2450. The second kappa shape index (κ2) is 15.8. The van der Waals surface area contributed by atoms with Gasteiger partial charge < -0.3 is 33.8 Å². The zero-order chi connectivity index (χ0) is 40.0. The Morgan fingerprint density at radius 3 is 1.88 bits per heavy atom. The van der Waals surface area contributed by atoms with Crippen molar-refractivity contribution in [2.24, 2.45) is 0 Å². The molecule has 298 valence electrons. The first-order valence-electron chi connectivity index (χ1n) is 18.8. The Morgan fingerprint density at radius 1 is 0.807 bits per heavy atom. The van der Waals surface area contributed by atoms with E-state index in [4.69, 9.17) is 28.3 Å². The molecule has 1 saturated heterocycles. The number of benzene rings is 4. The van der Waals surface area contributed by atoms with Crippen LogP contribution in [0, 0.1) is 13.8 Å². The van der Waals surface area contributed by atoms with Crippen LogP contribution in [0.2, 0.25) is 0 Å². The molecule has 11 nitrogen and oxygen atoms in total. The normalized spacial score (nSPS) is 18.8. The molecule has 3 atom stereocenters. The fourth-order valence-electron chi connectivity index (χ4n) is 8.15. The van der Waals surface area contributed by atoms with Crippen LogP contribution in [0.25, 0.3) is 56.2 Å². The molecular formula is C42H40F4N4O7. The zero-order valence-corrected chi connectivity index (χ0v) is 31.1. The van der Waals surface area contributed by atoms with Crippen molar-refractivity contribution in [2.75, 3.05) is 6.54 Å². The monoisotopic (exact) mass is 788 g/mol. The lowest BCUT2D eigenvalue weighted by Crippen LogP contribution is -2.35. The number of halogens is 4. The predicted molar refractivity (Wildman–Crippen MR) is 202 cm³/mol. The highest BCUT2D eigenvalue weighted by molar-refractivity contribution is 5.85. The second-order valence-electron chi connectivity index (χ2n) is 14.6. The number of fused-ring (bicyclic) bond motifs is 2. The van der Waals surface area contributed by atoms with Gasteiger partial charge in [-0.2, -0.15) is 17.6 Å². The van der Waals surface area contributed by atoms with Crippen LogP contribution in [0.4, 0.5) is 17.6 Å². The van der Waals surface area contributed by atoms with Gasteiger partial charge in [0.15, 0.2) is 11.2 Å². The van der Waals surface area contributed by atoms with Gasteiger partial charge >= 0.3 is 19.2 Å². The molecule has 0 spiro atoms. The van der Waals surface area contributed by atoms with Crippen LogP contribution in [0.1, 0.15) is 54.4 Å². The van der Waals surface area contributed by atoms with Crippen molar-refractivity contribution in [1.82, 2.24) is 20.2 Å². The molecule has 15 heteroatoms. The van der Waals surface area contributed by atoms with Crippen molar-refractivity contribution in [3.05, 3.63) is 82.9 Å². The van der Waals surface area contributed by atoms with Crippen LogP contribution in [0.5, 0.6) is 11.5 Å². The smallest absolute Gasteiger partial charge is 0.387 e. The van der Waals surface area contributed by atoms with Gasteiger partial charge in [-0.25, -0.2) is 9.97 Å². The number of oxazole rings is 2. The maximum absolute atomic E-state index is 13.5. The summed E-state index contributed by atoms with van der Waals surface area (Å²) in [4.78, 5) is 23.0. The van der Waals surface area contributed by atoms with Crippen molar-refractivity contribution in [2.45, 2.75) is 90.5 Å². The molecule has 1 saturated carbocycles. The van der Waals surface area contributed by atoms with E-state index in [9.17, 15) is 32.6 Å². The minimum absolute atomic E-state index is 0.0373. The molecule has 1 aliphatic heterocycles. The van der Waals surface area contributed by atoms with Gasteiger partial charge in [-0.1, -0.05) is 24.3 Å². The standard InChI is InChI=1S/C42H40F4N4O7/c1-21-25(7-3-9-27(21)38-48-30-15-23(19-47-29-11-5-13-33(29)51)34(56-41(43)44)17-36(30)54-38)26-8-4-10-28(22(26)2)39-49-31-16-24(20-50-14-6-12-32(50)40(52)53)35(57-42(45)46)18-37(31)55-39/h3-4,7-10,15-18,29,32-33,41-42,47,51H,5-6,11-14,19-20H2,1-2H3,(H,52,53)/t29-,32-,33+/m0/s1. The molecule has 2 aliphatic rings. The van der Waals surface area contributed by atoms with Crippen molar-refractivity contribution >= 4 is 28.2 Å². The van der Waals surface area contributed by atoms with Gasteiger partial charge in [0.2, 0.25) is 11.8 Å². The second-order valence-corrected chi connectivity index (χ2v) is 14.6. The van der Waals surface area contributed by atoms with Crippen molar-refractivity contribution in [3.63, 3.8) is 0 Å². The predicted octanol–water partition coefficient (Wildman–Crippen LogP) is 8.84. The van der Waals surface area contributed by atoms with E-state index >= 15 is 0 Å². The molecule has 1 aliphatic carbocycles. The molecule has 2 aromatic heterocycles. The minimum Gasteiger partial charge on any atom is -0.480 e. The molecule has 2 fully saturated rings. The van der Waals surface area contributed by atoms with Crippen LogP contribution >= 0.6 is 0 Å². The number of nitrogens with zero attached hydrogens (tertiary/aromatic N) is 3. The molecule has 0 radical (unpaired) electrons. The van der Waals surface area contributed by atoms with E-state index < -0.39 is 31.3 Å². The molecule has 0 bridgehead atoms. The van der Waals surface area contributed by atoms with Gasteiger partial charge in [0.25, 0.3) is 0 Å². The molecule has 8 rings (SSSR count). The van der Waals surface area contributed by atoms with E-state index in [0.29, 0.717) is 59.1 Å². The summed E-state index contributed by atoms with van der Waals surface area (Å²) in [6, 6.07) is 16.5. The number of ether oxygens (including phenoxy) is 2. The first-order valence-corrected chi connectivity index (χ1v) is 18.8. The van der Waals surface area contributed by atoms with Gasteiger partial charge in [-0.05, 0) is 99.0 Å². The number of aliphatic hydroxyl groups excluding tert-OH is 1. The number of aliphatic hydroxyl groups is 1. The largest absolute Gasteiger partial charge is 0.480 e. The summed E-state index contributed by atoms with van der Waals surface area (Å²) in [5.41, 5.74) is 6.94. The van der Waals surface area contributed by atoms with Crippen LogP contribution in [-0.2, 0) is 17.9 Å². The Kier molecular flexibility index (Phi) is 10.6. The highest BCUT2D eigenvalue weighted by Gasteiger charge is 2.32. The summed E-state index contributed by atoms with van der Waals surface area (Å²) in [6.07, 6.45) is 2.99. The van der Waals surface area contributed by atoms with Gasteiger partial charge in [0.1, 0.15) is 28.6 Å². The van der Waals surface area contributed by atoms with E-state index in [0.717, 1.165) is 35.1 Å². The van der Waals surface area contributed by atoms with E-state index in [-0.39, 0.29) is 53.6 Å². The number of rotatable bonds is 13. The number of aliphatic carboxylic acids is 1. The SMILES string of the molecule is Cc1c(-c2nc3cc(CN[C@H]4CCC[C@H]4O)c(OC(F)F)cc3o2)cccc1-c1cccc(-c2nc3cc(CN4CCC[C@H]4C(=O)O)c(OC(F)F)cc3o2)c1C. The van der Waals surface area contributed by atoms with Gasteiger partial charge in [-0.3, -0.25) is 9.69 Å². The zero-order valence-electron chi connectivity index (χ0n) is 31.1. The molecule has 57 heavy (non-hydrogen) atoms. The maximum atomic E-state index is 13.5. The highest BCUT2D eigenvalue weighted by Crippen LogP contribution is 2.40. The molecule has 0 amide bonds. The Balaban J connectivity index is 1.11. The third kappa shape index (κ3) is 7.78. The summed E-state index contributed by atoms with van der Waals surface area (Å²) in [7, 11) is 0. The molecule has 3 heterocycles. The first-order chi connectivity index (χ1) is 27.4. The molecule has 3 N–H and O–H groups in total. The quantitative estimate of drug-likeness (QED) is 0.0966. The Labute approximate surface area is 324 Å². The summed E-state index contributed by atoms with van der Waals surface area (Å²) in [6.45, 7) is -1.49. The highest BCUT2D eigenvalue weighted by atomic mass is 19.3. The van der Waals surface area contributed by atoms with Gasteiger partial charge in [-0.15, -0.1) is 0 Å². The topological polar surface area (TPSA) is 143 Å². The van der Waals surface area contributed by atoms with Crippen LogP contribution in [0.15, 0.2) is 69.5 Å². The average Bonchev–Trinajstić information content (AvgIpc) is 3.98. The lowest BCUT2D eigenvalue weighted by Gasteiger charge is -2.22. The number of likely N-dealkylation sites (tertiary alicyclic amines) is 1.